The summed E-state index contributed by atoms with van der Waals surface area (Å²) in [7, 11) is 0. The molecular weight excluding hydrogens is 264 g/mol. The van der Waals surface area contributed by atoms with Crippen LogP contribution in [-0.2, 0) is 4.79 Å². The second-order valence-electron chi connectivity index (χ2n) is 5.83. The molecule has 0 saturated heterocycles. The average Bonchev–Trinajstić information content (AvgIpc) is 2.49. The van der Waals surface area contributed by atoms with Gasteiger partial charge in [-0.1, -0.05) is 44.2 Å². The Bertz CT molecular complexity index is 407. The van der Waals surface area contributed by atoms with Gasteiger partial charge in [0.25, 0.3) is 0 Å². The van der Waals surface area contributed by atoms with Gasteiger partial charge < -0.3 is 16.2 Å². The first-order valence-corrected chi connectivity index (χ1v) is 7.73. The number of carbonyl (C=O) groups excluding carboxylic acids is 1. The van der Waals surface area contributed by atoms with Crippen molar-refractivity contribution in [3.05, 3.63) is 35.9 Å². The number of carbonyl (C=O) groups is 1. The largest absolute Gasteiger partial charge is 0.394 e. The summed E-state index contributed by atoms with van der Waals surface area (Å²) < 4.78 is 0. The van der Waals surface area contributed by atoms with Gasteiger partial charge in [0, 0.05) is 6.42 Å². The Labute approximate surface area is 127 Å². The molecule has 0 bridgehead atoms. The fourth-order valence-corrected chi connectivity index (χ4v) is 2.53. The monoisotopic (exact) mass is 292 g/mol. The summed E-state index contributed by atoms with van der Waals surface area (Å²) in [5.41, 5.74) is 6.54. The molecule has 1 aromatic carbocycles. The van der Waals surface area contributed by atoms with Crippen molar-refractivity contribution in [2.24, 2.45) is 17.6 Å². The summed E-state index contributed by atoms with van der Waals surface area (Å²) in [6.45, 7) is 4.90. The molecule has 0 aliphatic carbocycles. The summed E-state index contributed by atoms with van der Waals surface area (Å²) in [6.07, 6.45) is 2.27. The topological polar surface area (TPSA) is 75.4 Å². The van der Waals surface area contributed by atoms with Crippen molar-refractivity contribution < 1.29 is 9.90 Å². The third kappa shape index (κ3) is 6.27. The maximum absolute atomic E-state index is 12.1. The maximum atomic E-state index is 12.1. The van der Waals surface area contributed by atoms with Crippen LogP contribution in [-0.4, -0.2) is 24.2 Å². The zero-order valence-corrected chi connectivity index (χ0v) is 13.1. The lowest BCUT2D eigenvalue weighted by Gasteiger charge is -2.21. The van der Waals surface area contributed by atoms with Crippen molar-refractivity contribution in [2.45, 2.75) is 39.2 Å². The molecule has 0 spiro atoms. The normalized spacial score (nSPS) is 14.0. The second-order valence-corrected chi connectivity index (χ2v) is 5.83. The molecule has 0 heterocycles. The van der Waals surface area contributed by atoms with Crippen molar-refractivity contribution in [1.29, 1.82) is 0 Å². The molecule has 0 fully saturated rings. The van der Waals surface area contributed by atoms with Gasteiger partial charge in [-0.2, -0.15) is 0 Å². The summed E-state index contributed by atoms with van der Waals surface area (Å²) in [4.78, 5) is 12.1. The van der Waals surface area contributed by atoms with Gasteiger partial charge >= 0.3 is 0 Å². The van der Waals surface area contributed by atoms with Crippen LogP contribution in [0.4, 0.5) is 0 Å². The Morgan fingerprint density at radius 1 is 1.24 bits per heavy atom. The quantitative estimate of drug-likeness (QED) is 0.653. The van der Waals surface area contributed by atoms with Gasteiger partial charge in [0.2, 0.25) is 5.91 Å². The van der Waals surface area contributed by atoms with Crippen LogP contribution in [0, 0.1) is 11.8 Å². The van der Waals surface area contributed by atoms with Crippen molar-refractivity contribution in [3.8, 4) is 0 Å². The highest BCUT2D eigenvalue weighted by atomic mass is 16.3. The third-order valence-corrected chi connectivity index (χ3v) is 3.94. The molecule has 4 heteroatoms. The summed E-state index contributed by atoms with van der Waals surface area (Å²) >= 11 is 0. The first-order valence-electron chi connectivity index (χ1n) is 7.73. The van der Waals surface area contributed by atoms with E-state index in [1.54, 1.807) is 0 Å². The van der Waals surface area contributed by atoms with Crippen LogP contribution in [0.1, 0.15) is 44.7 Å². The van der Waals surface area contributed by atoms with Crippen molar-refractivity contribution in [2.75, 3.05) is 13.2 Å². The molecule has 118 valence electrons. The maximum Gasteiger partial charge on any atom is 0.220 e. The standard InChI is InChI=1S/C17H28N2O2/c1-13(2)14(10-11-18)8-9-17(21)19-16(12-20)15-6-4-3-5-7-15/h3-7,13-14,16,20H,8-12,18H2,1-2H3,(H,19,21)/t14?,16-/m0/s1. The van der Waals surface area contributed by atoms with E-state index in [9.17, 15) is 9.90 Å². The number of benzene rings is 1. The second kappa shape index (κ2) is 9.53. The molecule has 1 rings (SSSR count). The minimum atomic E-state index is -0.328. The molecule has 1 amide bonds. The van der Waals surface area contributed by atoms with E-state index in [4.69, 9.17) is 5.73 Å². The van der Waals surface area contributed by atoms with Gasteiger partial charge in [-0.15, -0.1) is 0 Å². The van der Waals surface area contributed by atoms with E-state index in [0.717, 1.165) is 18.4 Å². The Kier molecular flexibility index (Phi) is 8.01. The van der Waals surface area contributed by atoms with Crippen LogP contribution in [0.2, 0.25) is 0 Å². The molecule has 0 aliphatic heterocycles. The molecule has 0 aliphatic rings. The van der Waals surface area contributed by atoms with Gasteiger partial charge in [-0.25, -0.2) is 0 Å². The summed E-state index contributed by atoms with van der Waals surface area (Å²) in [5.74, 6) is 0.995. The number of rotatable bonds is 9. The van der Waals surface area contributed by atoms with E-state index >= 15 is 0 Å². The predicted molar refractivity (Wildman–Crippen MR) is 85.6 cm³/mol. The summed E-state index contributed by atoms with van der Waals surface area (Å²) in [6, 6.07) is 9.21. The van der Waals surface area contributed by atoms with E-state index in [1.807, 2.05) is 30.3 Å². The molecule has 21 heavy (non-hydrogen) atoms. The summed E-state index contributed by atoms with van der Waals surface area (Å²) in [5, 5.41) is 12.3. The number of nitrogens with one attached hydrogen (secondary N) is 1. The lowest BCUT2D eigenvalue weighted by Crippen LogP contribution is -2.31. The highest BCUT2D eigenvalue weighted by Gasteiger charge is 2.17. The molecule has 2 atom stereocenters. The number of aliphatic hydroxyl groups excluding tert-OH is 1. The van der Waals surface area contributed by atoms with Crippen LogP contribution in [0.15, 0.2) is 30.3 Å². The van der Waals surface area contributed by atoms with Gasteiger partial charge in [-0.3, -0.25) is 4.79 Å². The van der Waals surface area contributed by atoms with Crippen molar-refractivity contribution >= 4 is 5.91 Å². The van der Waals surface area contributed by atoms with Crippen molar-refractivity contribution in [3.63, 3.8) is 0 Å². The van der Waals surface area contributed by atoms with Gasteiger partial charge in [0.1, 0.15) is 0 Å². The molecule has 4 N–H and O–H groups in total. The highest BCUT2D eigenvalue weighted by molar-refractivity contribution is 5.76. The van der Waals surface area contributed by atoms with Crippen LogP contribution in [0.25, 0.3) is 0 Å². The molecule has 0 radical (unpaired) electrons. The van der Waals surface area contributed by atoms with Gasteiger partial charge in [-0.05, 0) is 36.8 Å². The zero-order valence-electron chi connectivity index (χ0n) is 13.1. The minimum absolute atomic E-state index is 0.0134. The Hall–Kier alpha value is -1.39. The molecule has 1 unspecified atom stereocenters. The van der Waals surface area contributed by atoms with E-state index in [2.05, 4.69) is 19.2 Å². The number of amides is 1. The van der Waals surface area contributed by atoms with Crippen LogP contribution < -0.4 is 11.1 Å². The Morgan fingerprint density at radius 2 is 1.90 bits per heavy atom. The lowest BCUT2D eigenvalue weighted by atomic mass is 9.88. The van der Waals surface area contributed by atoms with E-state index in [0.29, 0.717) is 24.8 Å². The number of aliphatic hydroxyl groups is 1. The Balaban J connectivity index is 2.48. The smallest absolute Gasteiger partial charge is 0.220 e. The number of hydrogen-bond donors (Lipinski definition) is 3. The third-order valence-electron chi connectivity index (χ3n) is 3.94. The average molecular weight is 292 g/mol. The SMILES string of the molecule is CC(C)C(CCN)CCC(=O)N[C@@H](CO)c1ccccc1. The molecule has 0 aromatic heterocycles. The first kappa shape index (κ1) is 17.7. The predicted octanol–water partition coefficient (Wildman–Crippen LogP) is 2.24. The van der Waals surface area contributed by atoms with Crippen LogP contribution >= 0.6 is 0 Å². The van der Waals surface area contributed by atoms with E-state index in [1.165, 1.54) is 0 Å². The van der Waals surface area contributed by atoms with Gasteiger partial charge in [0.15, 0.2) is 0 Å². The van der Waals surface area contributed by atoms with Crippen molar-refractivity contribution in [1.82, 2.24) is 5.32 Å². The number of nitrogens with two attached hydrogens (primary N) is 1. The zero-order chi connectivity index (χ0) is 15.7. The highest BCUT2D eigenvalue weighted by Crippen LogP contribution is 2.20. The number of hydrogen-bond acceptors (Lipinski definition) is 3. The lowest BCUT2D eigenvalue weighted by molar-refractivity contribution is -0.122. The molecule has 1 aromatic rings. The van der Waals surface area contributed by atoms with Crippen LogP contribution in [0.5, 0.6) is 0 Å². The van der Waals surface area contributed by atoms with Crippen LogP contribution in [0.3, 0.4) is 0 Å². The van der Waals surface area contributed by atoms with Gasteiger partial charge in [0.05, 0.1) is 12.6 Å². The Morgan fingerprint density at radius 3 is 2.43 bits per heavy atom. The first-order chi connectivity index (χ1) is 10.1. The molecule has 4 nitrogen and oxygen atoms in total. The fraction of sp³-hybridized carbons (Fsp3) is 0.588. The fourth-order valence-electron chi connectivity index (χ4n) is 2.53. The van der Waals surface area contributed by atoms with E-state index < -0.39 is 0 Å². The molecular formula is C17H28N2O2. The molecule has 0 saturated carbocycles. The minimum Gasteiger partial charge on any atom is -0.394 e. The van der Waals surface area contributed by atoms with E-state index in [-0.39, 0.29) is 18.6 Å².